The third kappa shape index (κ3) is 13.8. The maximum absolute atomic E-state index is 2.64. The van der Waals surface area contributed by atoms with E-state index in [0.717, 1.165) is 135 Å². The van der Waals surface area contributed by atoms with Gasteiger partial charge in [-0.25, -0.2) is 0 Å². The number of hydrogen-bond donors (Lipinski definition) is 0. The summed E-state index contributed by atoms with van der Waals surface area (Å²) in [6.45, 7) is 6.66. The second-order valence-corrected chi connectivity index (χ2v) is 33.6. The van der Waals surface area contributed by atoms with Crippen LogP contribution in [0.4, 0.5) is 51.2 Å². The lowest BCUT2D eigenvalue weighted by atomic mass is 9.33. The topological polar surface area (TPSA) is 14.7 Å². The zero-order valence-electron chi connectivity index (χ0n) is 68.7. The van der Waals surface area contributed by atoms with Crippen molar-refractivity contribution in [3.8, 4) is 117 Å². The van der Waals surface area contributed by atoms with Crippen molar-refractivity contribution in [1.29, 1.82) is 0 Å². The molecular formula is C118H85BN4. The molecule has 0 aliphatic carbocycles. The van der Waals surface area contributed by atoms with Crippen LogP contribution in [0.5, 0.6) is 0 Å². The lowest BCUT2D eigenvalue weighted by molar-refractivity contribution is 0.590. The molecule has 0 saturated carbocycles. The molecule has 4 nitrogen and oxygen atoms in total. The van der Waals surface area contributed by atoms with E-state index in [1.165, 1.54) is 77.2 Å². The van der Waals surface area contributed by atoms with Crippen LogP contribution in [-0.2, 0) is 5.41 Å². The zero-order chi connectivity index (χ0) is 82.1. The summed E-state index contributed by atoms with van der Waals surface area (Å²) in [6.07, 6.45) is 0. The standard InChI is InChI=1S/C118H85BN4/c1-118(2,3)100-55-44-91(45-56-100)99-77-115-117-116(78-99)123(106-72-97(86-40-24-10-25-41-86)69-98(73-106)87-42-26-11-27-43-87)114-79-104(121-111-66-53-92(82-32-16-6-17-33-82)74-107(111)108-75-93(54-67-112(108)121)83-34-18-7-19-35-83)63-65-110(114)119(117)109-64-52-94(76-113(109)122(115)105-70-95(84-36-20-8-21-37-84)68-96(71-105)85-38-22-9-23-39-85)90-50-61-103(62-51-90)120(101-57-46-88(47-58-101)80-28-12-4-13-29-80)102-59-48-89(49-60-102)81-30-14-5-15-31-81/h4-79H,1-3H3. The third-order valence-electron chi connectivity index (χ3n) is 25.1. The molecule has 2 aliphatic heterocycles. The Labute approximate surface area is 720 Å². The summed E-state index contributed by atoms with van der Waals surface area (Å²) in [5.41, 5.74) is 40.8. The van der Waals surface area contributed by atoms with Gasteiger partial charge in [-0.3, -0.25) is 0 Å². The van der Waals surface area contributed by atoms with Gasteiger partial charge >= 0.3 is 0 Å². The van der Waals surface area contributed by atoms with Gasteiger partial charge in [0.1, 0.15) is 0 Å². The fourth-order valence-corrected chi connectivity index (χ4v) is 18.9. The van der Waals surface area contributed by atoms with Gasteiger partial charge in [0.25, 0.3) is 6.71 Å². The highest BCUT2D eigenvalue weighted by Gasteiger charge is 2.45. The van der Waals surface area contributed by atoms with Crippen LogP contribution in [0.3, 0.4) is 0 Å². The summed E-state index contributed by atoms with van der Waals surface area (Å²) >= 11 is 0. The molecule has 0 N–H and O–H groups in total. The Morgan fingerprint density at radius 1 is 0.203 bits per heavy atom. The van der Waals surface area contributed by atoms with Gasteiger partial charge in [-0.1, -0.05) is 354 Å². The van der Waals surface area contributed by atoms with Crippen LogP contribution in [0.15, 0.2) is 461 Å². The lowest BCUT2D eigenvalue weighted by Gasteiger charge is -2.45. The number of nitrogens with zero attached hydrogens (tertiary/aromatic N) is 4. The van der Waals surface area contributed by atoms with E-state index in [1.54, 1.807) is 0 Å². The fourth-order valence-electron chi connectivity index (χ4n) is 18.9. The smallest absolute Gasteiger partial charge is 0.252 e. The normalized spacial score (nSPS) is 12.1. The Morgan fingerprint density at radius 3 is 0.821 bits per heavy atom. The van der Waals surface area contributed by atoms with Crippen LogP contribution in [0, 0.1) is 0 Å². The van der Waals surface area contributed by atoms with Crippen LogP contribution >= 0.6 is 0 Å². The minimum absolute atomic E-state index is 0.0703. The van der Waals surface area contributed by atoms with Crippen LogP contribution < -0.4 is 31.1 Å². The molecule has 20 aromatic rings. The largest absolute Gasteiger partial charge is 0.311 e. The highest BCUT2D eigenvalue weighted by atomic mass is 15.2. The van der Waals surface area contributed by atoms with Crippen LogP contribution in [-0.4, -0.2) is 11.3 Å². The van der Waals surface area contributed by atoms with E-state index in [4.69, 9.17) is 0 Å². The minimum Gasteiger partial charge on any atom is -0.311 e. The first-order valence-corrected chi connectivity index (χ1v) is 42.7. The van der Waals surface area contributed by atoms with Gasteiger partial charge in [0, 0.05) is 67.6 Å². The second kappa shape index (κ2) is 31.0. The monoisotopic (exact) mass is 1570 g/mol. The quantitative estimate of drug-likeness (QED) is 0.0896. The number of rotatable bonds is 16. The van der Waals surface area contributed by atoms with E-state index in [-0.39, 0.29) is 12.1 Å². The van der Waals surface area contributed by atoms with Crippen LogP contribution in [0.25, 0.3) is 139 Å². The van der Waals surface area contributed by atoms with Gasteiger partial charge in [0.15, 0.2) is 0 Å². The van der Waals surface area contributed by atoms with E-state index in [2.05, 4.69) is 501 Å². The van der Waals surface area contributed by atoms with Crippen molar-refractivity contribution in [3.63, 3.8) is 0 Å². The van der Waals surface area contributed by atoms with Crippen LogP contribution in [0.1, 0.15) is 26.3 Å². The first-order chi connectivity index (χ1) is 60.6. The van der Waals surface area contributed by atoms with Gasteiger partial charge in [-0.15, -0.1) is 0 Å². The second-order valence-electron chi connectivity index (χ2n) is 33.6. The van der Waals surface area contributed by atoms with Crippen molar-refractivity contribution in [1.82, 2.24) is 4.57 Å². The molecule has 580 valence electrons. The van der Waals surface area contributed by atoms with Crippen molar-refractivity contribution < 1.29 is 0 Å². The van der Waals surface area contributed by atoms with E-state index in [9.17, 15) is 0 Å². The molecule has 19 aromatic carbocycles. The zero-order valence-corrected chi connectivity index (χ0v) is 68.7. The molecule has 5 heteroatoms. The predicted octanol–water partition coefficient (Wildman–Crippen LogP) is 30.3. The summed E-state index contributed by atoms with van der Waals surface area (Å²) in [6, 6.07) is 172. The van der Waals surface area contributed by atoms with Crippen molar-refractivity contribution >= 4 is 96.1 Å². The fraction of sp³-hybridized carbons (Fsp3) is 0.0339. The summed E-state index contributed by atoms with van der Waals surface area (Å²) in [7, 11) is 0. The Kier molecular flexibility index (Phi) is 18.6. The molecule has 123 heavy (non-hydrogen) atoms. The molecule has 0 spiro atoms. The Balaban J connectivity index is 0.802. The number of hydrogen-bond acceptors (Lipinski definition) is 3. The van der Waals surface area contributed by atoms with Crippen molar-refractivity contribution in [2.75, 3.05) is 14.7 Å². The molecule has 0 radical (unpaired) electrons. The van der Waals surface area contributed by atoms with Gasteiger partial charge in [0.05, 0.1) is 11.0 Å². The number of anilines is 9. The first kappa shape index (κ1) is 73.8. The SMILES string of the molecule is CC(C)(C)c1ccc(-c2cc3c4c(c2)N(c2cc(-c5ccccc5)cc(-c5ccccc5)c2)c2cc(-n5c6ccc(-c7ccccc7)cc6c6cc(-c7ccccc7)ccc65)ccc2B4c2ccc(-c4ccc(N(c5ccc(-c6ccccc6)cc5)c5ccc(-c6ccccc6)cc5)cc4)cc2N3c2cc(-c3ccccc3)cc(-c3ccccc3)c2)cc1. The van der Waals surface area contributed by atoms with E-state index in [1.807, 2.05) is 0 Å². The number of aromatic nitrogens is 1. The average molecular weight is 1570 g/mol. The molecule has 0 bridgehead atoms. The maximum Gasteiger partial charge on any atom is 0.252 e. The summed E-state index contributed by atoms with van der Waals surface area (Å²) in [5.74, 6) is 0. The Hall–Kier alpha value is -15.6. The first-order valence-electron chi connectivity index (χ1n) is 42.7. The third-order valence-corrected chi connectivity index (χ3v) is 25.1. The number of benzene rings is 19. The maximum atomic E-state index is 2.64. The van der Waals surface area contributed by atoms with E-state index < -0.39 is 0 Å². The van der Waals surface area contributed by atoms with Crippen molar-refractivity contribution in [2.45, 2.75) is 26.2 Å². The highest BCUT2D eigenvalue weighted by molar-refractivity contribution is 7.00. The molecule has 2 aliphatic rings. The molecular weight excluding hydrogens is 1480 g/mol. The van der Waals surface area contributed by atoms with Gasteiger partial charge in [-0.05, 0) is 266 Å². The molecule has 0 fully saturated rings. The van der Waals surface area contributed by atoms with Gasteiger partial charge in [0.2, 0.25) is 0 Å². The molecule has 0 amide bonds. The van der Waals surface area contributed by atoms with Gasteiger partial charge in [-0.2, -0.15) is 0 Å². The molecule has 0 saturated heterocycles. The molecule has 22 rings (SSSR count). The Bertz CT molecular complexity index is 7020. The molecule has 3 heterocycles. The van der Waals surface area contributed by atoms with E-state index in [0.29, 0.717) is 0 Å². The van der Waals surface area contributed by atoms with Crippen molar-refractivity contribution in [2.24, 2.45) is 0 Å². The van der Waals surface area contributed by atoms with Gasteiger partial charge < -0.3 is 19.3 Å². The lowest BCUT2D eigenvalue weighted by Crippen LogP contribution is -2.61. The van der Waals surface area contributed by atoms with Crippen LogP contribution in [0.2, 0.25) is 0 Å². The predicted molar refractivity (Wildman–Crippen MR) is 523 cm³/mol. The summed E-state index contributed by atoms with van der Waals surface area (Å²) in [5, 5.41) is 2.38. The summed E-state index contributed by atoms with van der Waals surface area (Å²) < 4.78 is 2.53. The van der Waals surface area contributed by atoms with Crippen molar-refractivity contribution in [3.05, 3.63) is 467 Å². The number of fused-ring (bicyclic) bond motifs is 7. The average Bonchev–Trinajstić information content (AvgIpc) is 0.823. The van der Waals surface area contributed by atoms with E-state index >= 15 is 0 Å². The summed E-state index contributed by atoms with van der Waals surface area (Å²) in [4.78, 5) is 7.66. The molecule has 0 atom stereocenters. The molecule has 1 aromatic heterocycles. The highest BCUT2D eigenvalue weighted by Crippen LogP contribution is 2.51. The minimum atomic E-state index is -0.262. The Morgan fingerprint density at radius 2 is 0.463 bits per heavy atom. The molecule has 0 unspecified atom stereocenters.